The van der Waals surface area contributed by atoms with Gasteiger partial charge in [0.05, 0.1) is 25.3 Å². The van der Waals surface area contributed by atoms with Crippen LogP contribution in [-0.2, 0) is 14.3 Å². The van der Waals surface area contributed by atoms with Crippen LogP contribution in [0.4, 0.5) is 5.88 Å². The van der Waals surface area contributed by atoms with Gasteiger partial charge in [0.15, 0.2) is 0 Å². The second kappa shape index (κ2) is 7.44. The summed E-state index contributed by atoms with van der Waals surface area (Å²) in [6.07, 6.45) is 0.239. The molecule has 0 bridgehead atoms. The number of rotatable bonds is 7. The smallest absolute Gasteiger partial charge is 0.307 e. The molecular weight excluding hydrogens is 238 g/mol. The molecule has 2 N–H and O–H groups in total. The molecule has 1 aromatic heterocycles. The molecule has 0 saturated heterocycles. The van der Waals surface area contributed by atoms with Crippen molar-refractivity contribution in [3.05, 3.63) is 11.8 Å². The van der Waals surface area contributed by atoms with E-state index in [0.29, 0.717) is 24.7 Å². The molecule has 0 unspecified atom stereocenters. The first kappa shape index (κ1) is 14.2. The van der Waals surface area contributed by atoms with Crippen LogP contribution in [0.25, 0.3) is 0 Å². The number of aromatic nitrogens is 1. The van der Waals surface area contributed by atoms with Crippen LogP contribution in [0.2, 0.25) is 0 Å². The Balaban J connectivity index is 2.12. The summed E-state index contributed by atoms with van der Waals surface area (Å²) in [6.45, 7) is 4.36. The standard InChI is InChI=1S/C11H17N3O4/c1-3-17-11(16)4-5-12-7-9(15)13-10-6-8(2)14-18-10/h6,12H,3-5,7H2,1-2H3,(H,13,15). The summed E-state index contributed by atoms with van der Waals surface area (Å²) >= 11 is 0. The lowest BCUT2D eigenvalue weighted by Gasteiger charge is -2.04. The predicted octanol–water partition coefficient (Wildman–Crippen LogP) is 0.464. The van der Waals surface area contributed by atoms with E-state index in [-0.39, 0.29) is 24.8 Å². The first-order valence-corrected chi connectivity index (χ1v) is 5.71. The van der Waals surface area contributed by atoms with Crippen molar-refractivity contribution in [1.29, 1.82) is 0 Å². The number of nitrogens with zero attached hydrogens (tertiary/aromatic N) is 1. The maximum Gasteiger partial charge on any atom is 0.307 e. The van der Waals surface area contributed by atoms with E-state index in [9.17, 15) is 9.59 Å². The fourth-order valence-electron chi connectivity index (χ4n) is 1.23. The number of aryl methyl sites for hydroxylation is 1. The highest BCUT2D eigenvalue weighted by molar-refractivity contribution is 5.90. The number of ether oxygens (including phenoxy) is 1. The maximum atomic E-state index is 11.4. The zero-order valence-electron chi connectivity index (χ0n) is 10.5. The molecule has 1 rings (SSSR count). The van der Waals surface area contributed by atoms with Gasteiger partial charge < -0.3 is 14.6 Å². The average molecular weight is 255 g/mol. The lowest BCUT2D eigenvalue weighted by Crippen LogP contribution is -2.29. The summed E-state index contributed by atoms with van der Waals surface area (Å²) in [6, 6.07) is 1.62. The molecule has 0 aromatic carbocycles. The summed E-state index contributed by atoms with van der Waals surface area (Å²) in [4.78, 5) is 22.4. The predicted molar refractivity (Wildman–Crippen MR) is 64.0 cm³/mol. The van der Waals surface area contributed by atoms with Crippen molar-refractivity contribution in [3.8, 4) is 0 Å². The fraction of sp³-hybridized carbons (Fsp3) is 0.545. The molecule has 0 aliphatic rings. The van der Waals surface area contributed by atoms with E-state index in [1.165, 1.54) is 0 Å². The molecule has 0 radical (unpaired) electrons. The lowest BCUT2D eigenvalue weighted by atomic mass is 10.4. The molecule has 1 amide bonds. The van der Waals surface area contributed by atoms with Crippen LogP contribution in [0, 0.1) is 6.92 Å². The van der Waals surface area contributed by atoms with Gasteiger partial charge >= 0.3 is 5.97 Å². The summed E-state index contributed by atoms with van der Waals surface area (Å²) < 4.78 is 9.57. The number of hydrogen-bond donors (Lipinski definition) is 2. The first-order valence-electron chi connectivity index (χ1n) is 5.71. The van der Waals surface area contributed by atoms with Crippen molar-refractivity contribution in [2.24, 2.45) is 0 Å². The zero-order valence-corrected chi connectivity index (χ0v) is 10.5. The third kappa shape index (κ3) is 5.44. The Hall–Kier alpha value is -1.89. The second-order valence-corrected chi connectivity index (χ2v) is 3.61. The minimum absolute atomic E-state index is 0.0964. The monoisotopic (exact) mass is 255 g/mol. The molecule has 18 heavy (non-hydrogen) atoms. The van der Waals surface area contributed by atoms with Gasteiger partial charge in [-0.05, 0) is 13.8 Å². The molecule has 0 saturated carbocycles. The van der Waals surface area contributed by atoms with Crippen molar-refractivity contribution < 1.29 is 18.8 Å². The number of hydrogen-bond acceptors (Lipinski definition) is 6. The van der Waals surface area contributed by atoms with Gasteiger partial charge in [0.1, 0.15) is 0 Å². The third-order valence-electron chi connectivity index (χ3n) is 1.99. The van der Waals surface area contributed by atoms with Gasteiger partial charge in [0.2, 0.25) is 11.8 Å². The molecule has 0 aliphatic heterocycles. The van der Waals surface area contributed by atoms with E-state index in [4.69, 9.17) is 9.26 Å². The van der Waals surface area contributed by atoms with E-state index in [1.807, 2.05) is 0 Å². The average Bonchev–Trinajstić information content (AvgIpc) is 2.70. The van der Waals surface area contributed by atoms with E-state index in [2.05, 4.69) is 15.8 Å². The summed E-state index contributed by atoms with van der Waals surface area (Å²) in [7, 11) is 0. The van der Waals surface area contributed by atoms with Gasteiger partial charge in [-0.15, -0.1) is 0 Å². The summed E-state index contributed by atoms with van der Waals surface area (Å²) in [5.74, 6) is -0.226. The number of nitrogens with one attached hydrogen (secondary N) is 2. The van der Waals surface area contributed by atoms with E-state index >= 15 is 0 Å². The Morgan fingerprint density at radius 2 is 2.28 bits per heavy atom. The highest BCUT2D eigenvalue weighted by Gasteiger charge is 2.06. The molecule has 7 heteroatoms. The number of carbonyl (C=O) groups excluding carboxylic acids is 2. The second-order valence-electron chi connectivity index (χ2n) is 3.61. The third-order valence-corrected chi connectivity index (χ3v) is 1.99. The van der Waals surface area contributed by atoms with Crippen LogP contribution in [-0.4, -0.2) is 36.7 Å². The molecule has 7 nitrogen and oxygen atoms in total. The minimum atomic E-state index is -0.281. The van der Waals surface area contributed by atoms with Crippen molar-refractivity contribution in [1.82, 2.24) is 10.5 Å². The van der Waals surface area contributed by atoms with Crippen molar-refractivity contribution >= 4 is 17.8 Å². The van der Waals surface area contributed by atoms with Crippen molar-refractivity contribution in [2.75, 3.05) is 25.0 Å². The van der Waals surface area contributed by atoms with Crippen LogP contribution in [0.1, 0.15) is 19.0 Å². The molecule has 0 aliphatic carbocycles. The number of esters is 1. The van der Waals surface area contributed by atoms with Gasteiger partial charge in [0, 0.05) is 12.6 Å². The number of amides is 1. The van der Waals surface area contributed by atoms with Gasteiger partial charge in [-0.2, -0.15) is 0 Å². The topological polar surface area (TPSA) is 93.5 Å². The zero-order chi connectivity index (χ0) is 13.4. The molecule has 0 fully saturated rings. The highest BCUT2D eigenvalue weighted by Crippen LogP contribution is 2.07. The fourth-order valence-corrected chi connectivity index (χ4v) is 1.23. The molecule has 100 valence electrons. The SMILES string of the molecule is CCOC(=O)CCNCC(=O)Nc1cc(C)no1. The molecule has 1 aromatic rings. The Morgan fingerprint density at radius 3 is 2.89 bits per heavy atom. The van der Waals surface area contributed by atoms with Crippen LogP contribution >= 0.6 is 0 Å². The first-order chi connectivity index (χ1) is 8.61. The summed E-state index contributed by atoms with van der Waals surface area (Å²) in [5.41, 5.74) is 0.695. The van der Waals surface area contributed by atoms with Gasteiger partial charge in [-0.3, -0.25) is 14.9 Å². The Kier molecular flexibility index (Phi) is 5.86. The van der Waals surface area contributed by atoms with Crippen LogP contribution in [0.15, 0.2) is 10.6 Å². The normalized spacial score (nSPS) is 10.1. The van der Waals surface area contributed by atoms with Gasteiger partial charge in [0.25, 0.3) is 0 Å². The Labute approximate surface area is 105 Å². The molecule has 0 spiro atoms. The highest BCUT2D eigenvalue weighted by atomic mass is 16.5. The number of anilines is 1. The largest absolute Gasteiger partial charge is 0.466 e. The van der Waals surface area contributed by atoms with E-state index < -0.39 is 0 Å². The van der Waals surface area contributed by atoms with Gasteiger partial charge in [-0.1, -0.05) is 5.16 Å². The molecular formula is C11H17N3O4. The Bertz CT molecular complexity index is 403. The van der Waals surface area contributed by atoms with Crippen LogP contribution in [0.3, 0.4) is 0 Å². The van der Waals surface area contributed by atoms with Crippen LogP contribution < -0.4 is 10.6 Å². The van der Waals surface area contributed by atoms with Crippen LogP contribution in [0.5, 0.6) is 0 Å². The maximum absolute atomic E-state index is 11.4. The van der Waals surface area contributed by atoms with Crippen molar-refractivity contribution in [3.63, 3.8) is 0 Å². The van der Waals surface area contributed by atoms with E-state index in [0.717, 1.165) is 0 Å². The molecule has 0 atom stereocenters. The van der Waals surface area contributed by atoms with Gasteiger partial charge in [-0.25, -0.2) is 0 Å². The number of carbonyl (C=O) groups is 2. The Morgan fingerprint density at radius 1 is 1.50 bits per heavy atom. The minimum Gasteiger partial charge on any atom is -0.466 e. The van der Waals surface area contributed by atoms with Crippen molar-refractivity contribution in [2.45, 2.75) is 20.3 Å². The summed E-state index contributed by atoms with van der Waals surface area (Å²) in [5, 5.41) is 8.99. The van der Waals surface area contributed by atoms with E-state index in [1.54, 1.807) is 19.9 Å². The quantitative estimate of drug-likeness (QED) is 0.543. The lowest BCUT2D eigenvalue weighted by molar-refractivity contribution is -0.143. The molecule has 1 heterocycles.